The summed E-state index contributed by atoms with van der Waals surface area (Å²) < 4.78 is 0. The molecule has 2 atom stereocenters. The number of pyridine rings is 1. The molecule has 1 aromatic heterocycles. The van der Waals surface area contributed by atoms with Crippen LogP contribution in [0.5, 0.6) is 0 Å². The van der Waals surface area contributed by atoms with Crippen LogP contribution in [0.3, 0.4) is 0 Å². The van der Waals surface area contributed by atoms with Gasteiger partial charge in [-0.2, -0.15) is 0 Å². The normalized spacial score (nSPS) is 26.2. The molecule has 2 nitrogen and oxygen atoms in total. The molecule has 76 valence electrons. The van der Waals surface area contributed by atoms with Crippen molar-refractivity contribution >= 4 is 0 Å². The largest absolute Gasteiger partial charge is 0.309 e. The zero-order chi connectivity index (χ0) is 10.2. The Bertz CT molecular complexity index is 300. The van der Waals surface area contributed by atoms with Crippen LogP contribution < -0.4 is 5.32 Å². The highest BCUT2D eigenvalue weighted by Gasteiger charge is 2.39. The van der Waals surface area contributed by atoms with Gasteiger partial charge in [0.05, 0.1) is 0 Å². The van der Waals surface area contributed by atoms with Crippen molar-refractivity contribution in [1.29, 1.82) is 0 Å². The van der Waals surface area contributed by atoms with Gasteiger partial charge in [-0.05, 0) is 44.9 Å². The predicted molar refractivity (Wildman–Crippen MR) is 58.3 cm³/mol. The SMILES string of the molecule is CC(C)(C)NC1C[C@H]1c1ccncc1. The molecule has 0 amide bonds. The first-order valence-corrected chi connectivity index (χ1v) is 5.24. The van der Waals surface area contributed by atoms with Gasteiger partial charge in [-0.1, -0.05) is 0 Å². The number of aromatic nitrogens is 1. The van der Waals surface area contributed by atoms with E-state index in [1.807, 2.05) is 12.4 Å². The molecule has 1 saturated carbocycles. The van der Waals surface area contributed by atoms with Gasteiger partial charge in [0.15, 0.2) is 0 Å². The van der Waals surface area contributed by atoms with E-state index in [4.69, 9.17) is 0 Å². The highest BCUT2D eigenvalue weighted by atomic mass is 15.0. The number of hydrogen-bond donors (Lipinski definition) is 1. The third kappa shape index (κ3) is 2.32. The molecule has 1 aliphatic rings. The highest BCUT2D eigenvalue weighted by Crippen LogP contribution is 2.41. The van der Waals surface area contributed by atoms with Crippen molar-refractivity contribution in [3.8, 4) is 0 Å². The van der Waals surface area contributed by atoms with Gasteiger partial charge in [-0.15, -0.1) is 0 Å². The average Bonchev–Trinajstić information content (AvgIpc) is 2.82. The van der Waals surface area contributed by atoms with Crippen molar-refractivity contribution < 1.29 is 0 Å². The van der Waals surface area contributed by atoms with Crippen LogP contribution in [0.25, 0.3) is 0 Å². The third-order valence-corrected chi connectivity index (χ3v) is 2.54. The third-order valence-electron chi connectivity index (χ3n) is 2.54. The second-order valence-corrected chi connectivity index (χ2v) is 5.12. The molecule has 2 rings (SSSR count). The molecule has 0 aromatic carbocycles. The van der Waals surface area contributed by atoms with Crippen LogP contribution in [0.2, 0.25) is 0 Å². The first-order chi connectivity index (χ1) is 6.56. The minimum Gasteiger partial charge on any atom is -0.309 e. The molecule has 1 heterocycles. The Labute approximate surface area is 85.7 Å². The molecule has 1 fully saturated rings. The van der Waals surface area contributed by atoms with Crippen molar-refractivity contribution in [2.24, 2.45) is 0 Å². The minimum absolute atomic E-state index is 0.229. The molecular weight excluding hydrogens is 172 g/mol. The van der Waals surface area contributed by atoms with E-state index >= 15 is 0 Å². The molecule has 1 unspecified atom stereocenters. The van der Waals surface area contributed by atoms with E-state index < -0.39 is 0 Å². The molecular formula is C12H18N2. The Morgan fingerprint density at radius 2 is 1.93 bits per heavy atom. The summed E-state index contributed by atoms with van der Waals surface area (Å²) in [6.45, 7) is 6.65. The van der Waals surface area contributed by atoms with Gasteiger partial charge in [0, 0.05) is 29.9 Å². The van der Waals surface area contributed by atoms with E-state index in [9.17, 15) is 0 Å². The lowest BCUT2D eigenvalue weighted by Crippen LogP contribution is -2.38. The molecule has 0 bridgehead atoms. The van der Waals surface area contributed by atoms with Gasteiger partial charge in [0.25, 0.3) is 0 Å². The number of rotatable bonds is 2. The lowest BCUT2D eigenvalue weighted by molar-refractivity contribution is 0.418. The van der Waals surface area contributed by atoms with Gasteiger partial charge < -0.3 is 5.32 Å². The van der Waals surface area contributed by atoms with Crippen LogP contribution in [0, 0.1) is 0 Å². The van der Waals surface area contributed by atoms with Crippen LogP contribution in [-0.2, 0) is 0 Å². The Balaban J connectivity index is 1.94. The fourth-order valence-corrected chi connectivity index (χ4v) is 1.89. The van der Waals surface area contributed by atoms with Gasteiger partial charge in [-0.25, -0.2) is 0 Å². The summed E-state index contributed by atoms with van der Waals surface area (Å²) in [6.07, 6.45) is 5.02. The van der Waals surface area contributed by atoms with Crippen LogP contribution >= 0.6 is 0 Å². The van der Waals surface area contributed by atoms with Gasteiger partial charge in [0.2, 0.25) is 0 Å². The molecule has 14 heavy (non-hydrogen) atoms. The molecule has 0 aliphatic heterocycles. The van der Waals surface area contributed by atoms with E-state index in [1.54, 1.807) is 0 Å². The number of nitrogens with one attached hydrogen (secondary N) is 1. The van der Waals surface area contributed by atoms with Crippen LogP contribution in [0.4, 0.5) is 0 Å². The van der Waals surface area contributed by atoms with Crippen molar-refractivity contribution in [1.82, 2.24) is 10.3 Å². The maximum atomic E-state index is 4.03. The quantitative estimate of drug-likeness (QED) is 0.774. The topological polar surface area (TPSA) is 24.9 Å². The molecule has 2 heteroatoms. The van der Waals surface area contributed by atoms with Crippen molar-refractivity contribution in [2.45, 2.75) is 44.7 Å². The number of hydrogen-bond acceptors (Lipinski definition) is 2. The molecule has 0 radical (unpaired) electrons. The summed E-state index contributed by atoms with van der Waals surface area (Å²) in [4.78, 5) is 4.03. The zero-order valence-electron chi connectivity index (χ0n) is 9.12. The van der Waals surface area contributed by atoms with E-state index in [-0.39, 0.29) is 5.54 Å². The monoisotopic (exact) mass is 190 g/mol. The van der Waals surface area contributed by atoms with Crippen LogP contribution in [-0.4, -0.2) is 16.6 Å². The maximum Gasteiger partial charge on any atom is 0.0270 e. The summed E-state index contributed by atoms with van der Waals surface area (Å²) in [7, 11) is 0. The van der Waals surface area contributed by atoms with Crippen LogP contribution in [0.1, 0.15) is 38.7 Å². The Hall–Kier alpha value is -0.890. The molecule has 0 spiro atoms. The second kappa shape index (κ2) is 3.35. The lowest BCUT2D eigenvalue weighted by Gasteiger charge is -2.20. The summed E-state index contributed by atoms with van der Waals surface area (Å²) in [5, 5.41) is 3.62. The maximum absolute atomic E-state index is 4.03. The van der Waals surface area contributed by atoms with Gasteiger partial charge in [0.1, 0.15) is 0 Å². The Morgan fingerprint density at radius 1 is 1.29 bits per heavy atom. The molecule has 1 aromatic rings. The van der Waals surface area contributed by atoms with Crippen molar-refractivity contribution in [3.63, 3.8) is 0 Å². The van der Waals surface area contributed by atoms with E-state index in [0.29, 0.717) is 12.0 Å². The minimum atomic E-state index is 0.229. The smallest absolute Gasteiger partial charge is 0.0270 e. The fourth-order valence-electron chi connectivity index (χ4n) is 1.89. The summed E-state index contributed by atoms with van der Waals surface area (Å²) in [5.41, 5.74) is 1.65. The zero-order valence-corrected chi connectivity index (χ0v) is 9.12. The van der Waals surface area contributed by atoms with Gasteiger partial charge in [-0.3, -0.25) is 4.98 Å². The number of nitrogens with zero attached hydrogens (tertiary/aromatic N) is 1. The summed E-state index contributed by atoms with van der Waals surface area (Å²) in [5.74, 6) is 0.706. The fraction of sp³-hybridized carbons (Fsp3) is 0.583. The van der Waals surface area contributed by atoms with Crippen molar-refractivity contribution in [3.05, 3.63) is 30.1 Å². The van der Waals surface area contributed by atoms with Crippen molar-refractivity contribution in [2.75, 3.05) is 0 Å². The molecule has 0 saturated heterocycles. The predicted octanol–water partition coefficient (Wildman–Crippen LogP) is 2.33. The first-order valence-electron chi connectivity index (χ1n) is 5.24. The van der Waals surface area contributed by atoms with E-state index in [2.05, 4.69) is 43.2 Å². The van der Waals surface area contributed by atoms with E-state index in [0.717, 1.165) is 0 Å². The summed E-state index contributed by atoms with van der Waals surface area (Å²) >= 11 is 0. The molecule has 1 aliphatic carbocycles. The highest BCUT2D eigenvalue weighted by molar-refractivity contribution is 5.25. The first kappa shape index (κ1) is 9.66. The van der Waals surface area contributed by atoms with Crippen LogP contribution in [0.15, 0.2) is 24.5 Å². The molecule has 1 N–H and O–H groups in total. The Morgan fingerprint density at radius 3 is 2.50 bits per heavy atom. The summed E-state index contributed by atoms with van der Waals surface area (Å²) in [6, 6.07) is 4.90. The standard InChI is InChI=1S/C12H18N2/c1-12(2,3)14-11-8-10(11)9-4-6-13-7-5-9/h4-7,10-11,14H,8H2,1-3H3/t10-,11?/m0/s1. The second-order valence-electron chi connectivity index (χ2n) is 5.12. The average molecular weight is 190 g/mol. The lowest BCUT2D eigenvalue weighted by atomic mass is 10.1. The van der Waals surface area contributed by atoms with Gasteiger partial charge >= 0.3 is 0 Å². The van der Waals surface area contributed by atoms with E-state index in [1.165, 1.54) is 12.0 Å². The Kier molecular flexibility index (Phi) is 2.31.